The second-order valence-electron chi connectivity index (χ2n) is 1.93. The fraction of sp³-hybridized carbons (Fsp3) is 0.200. The third-order valence-corrected chi connectivity index (χ3v) is 1.36. The Labute approximate surface area is 62.3 Å². The van der Waals surface area contributed by atoms with Crippen molar-refractivity contribution >= 4 is 17.5 Å². The van der Waals surface area contributed by atoms with Crippen LogP contribution in [0.3, 0.4) is 0 Å². The Hall–Kier alpha value is -1.03. The van der Waals surface area contributed by atoms with Crippen LogP contribution in [0, 0.1) is 17.0 Å². The maximum absolute atomic E-state index is 10.2. The fourth-order valence-electron chi connectivity index (χ4n) is 0.698. The van der Waals surface area contributed by atoms with Crippen molar-refractivity contribution in [2.45, 2.75) is 6.92 Å². The summed E-state index contributed by atoms with van der Waals surface area (Å²) in [6, 6.07) is 0. The van der Waals surface area contributed by atoms with Gasteiger partial charge in [-0.2, -0.15) is 0 Å². The molecule has 4 nitrogen and oxygen atoms in total. The summed E-state index contributed by atoms with van der Waals surface area (Å²) >= 11 is 5.42. The average Bonchev–Trinajstić information content (AvgIpc) is 2.10. The summed E-state index contributed by atoms with van der Waals surface area (Å²) in [6.45, 7) is 1.64. The van der Waals surface area contributed by atoms with Gasteiger partial charge in [-0.1, -0.05) is 0 Å². The molecule has 1 rings (SSSR count). The van der Waals surface area contributed by atoms with Crippen LogP contribution in [0.4, 0.5) is 5.69 Å². The molecule has 0 aliphatic rings. The van der Waals surface area contributed by atoms with E-state index in [1.54, 1.807) is 6.92 Å². The molecule has 0 saturated heterocycles. The van der Waals surface area contributed by atoms with Crippen LogP contribution in [0.25, 0.3) is 0 Å². The Balaban J connectivity index is 3.15. The molecular formula is C5H5ClN2O2. The molecule has 0 N–H and O–H groups in total. The summed E-state index contributed by atoms with van der Waals surface area (Å²) in [7, 11) is 0. The molecule has 10 heavy (non-hydrogen) atoms. The van der Waals surface area contributed by atoms with Crippen molar-refractivity contribution in [2.24, 2.45) is 0 Å². The molecule has 0 aliphatic carbocycles. The van der Waals surface area contributed by atoms with Crippen molar-refractivity contribution in [3.05, 3.63) is 28.1 Å². The number of hydrogen-bond donors (Lipinski definition) is 0. The van der Waals surface area contributed by atoms with E-state index in [1.165, 1.54) is 12.4 Å². The van der Waals surface area contributed by atoms with E-state index in [1.807, 2.05) is 0 Å². The topological polar surface area (TPSA) is 48.1 Å². The first-order valence-corrected chi connectivity index (χ1v) is 2.94. The van der Waals surface area contributed by atoms with Crippen molar-refractivity contribution in [3.63, 3.8) is 0 Å². The van der Waals surface area contributed by atoms with E-state index in [-0.39, 0.29) is 5.69 Å². The molecule has 5 heteroatoms. The Morgan fingerprint density at radius 1 is 1.70 bits per heavy atom. The molecule has 1 aromatic heterocycles. The van der Waals surface area contributed by atoms with Crippen LogP contribution in [-0.4, -0.2) is 9.01 Å². The predicted octanol–water partition coefficient (Wildman–Crippen LogP) is 1.71. The molecule has 0 amide bonds. The zero-order valence-corrected chi connectivity index (χ0v) is 6.00. The lowest BCUT2D eigenvalue weighted by molar-refractivity contribution is -0.385. The van der Waals surface area contributed by atoms with E-state index >= 15 is 0 Å². The highest BCUT2D eigenvalue weighted by Gasteiger charge is 2.11. The molecule has 1 aromatic rings. The summed E-state index contributed by atoms with van der Waals surface area (Å²) in [5.74, 6) is 0. The normalized spacial score (nSPS) is 9.80. The van der Waals surface area contributed by atoms with Crippen molar-refractivity contribution in [2.75, 3.05) is 0 Å². The molecule has 1 heterocycles. The van der Waals surface area contributed by atoms with E-state index in [9.17, 15) is 10.1 Å². The summed E-state index contributed by atoms with van der Waals surface area (Å²) in [6.07, 6.45) is 2.75. The van der Waals surface area contributed by atoms with Gasteiger partial charge in [-0.05, 0) is 6.92 Å². The molecule has 0 unspecified atom stereocenters. The van der Waals surface area contributed by atoms with Gasteiger partial charge < -0.3 is 0 Å². The number of hydrogen-bond acceptors (Lipinski definition) is 2. The Kier molecular flexibility index (Phi) is 1.63. The monoisotopic (exact) mass is 160 g/mol. The summed E-state index contributed by atoms with van der Waals surface area (Å²) < 4.78 is 1.15. The Morgan fingerprint density at radius 2 is 2.30 bits per heavy atom. The zero-order valence-electron chi connectivity index (χ0n) is 5.24. The van der Waals surface area contributed by atoms with Crippen LogP contribution < -0.4 is 0 Å². The summed E-state index contributed by atoms with van der Waals surface area (Å²) in [4.78, 5) is 9.70. The minimum absolute atomic E-state index is 0.0509. The molecular weight excluding hydrogens is 156 g/mol. The van der Waals surface area contributed by atoms with Crippen LogP contribution in [-0.2, 0) is 0 Å². The number of halogens is 1. The van der Waals surface area contributed by atoms with Crippen LogP contribution in [0.5, 0.6) is 0 Å². The van der Waals surface area contributed by atoms with Crippen molar-refractivity contribution in [1.82, 2.24) is 4.09 Å². The average molecular weight is 161 g/mol. The van der Waals surface area contributed by atoms with Gasteiger partial charge in [0.05, 0.1) is 11.1 Å². The Bertz CT molecular complexity index is 269. The lowest BCUT2D eigenvalue weighted by atomic mass is 10.3. The second kappa shape index (κ2) is 2.30. The summed E-state index contributed by atoms with van der Waals surface area (Å²) in [5.41, 5.74) is 0.620. The van der Waals surface area contributed by atoms with E-state index in [2.05, 4.69) is 0 Å². The van der Waals surface area contributed by atoms with Gasteiger partial charge in [0.15, 0.2) is 0 Å². The van der Waals surface area contributed by atoms with E-state index in [0.29, 0.717) is 5.56 Å². The van der Waals surface area contributed by atoms with E-state index in [4.69, 9.17) is 11.8 Å². The minimum Gasteiger partial charge on any atom is -0.261 e. The molecule has 0 spiro atoms. The van der Waals surface area contributed by atoms with Gasteiger partial charge in [0.1, 0.15) is 0 Å². The maximum Gasteiger partial charge on any atom is 0.291 e. The number of nitrogens with zero attached hydrogens (tertiary/aromatic N) is 2. The van der Waals surface area contributed by atoms with Crippen LogP contribution >= 0.6 is 11.8 Å². The van der Waals surface area contributed by atoms with Gasteiger partial charge >= 0.3 is 0 Å². The van der Waals surface area contributed by atoms with Crippen molar-refractivity contribution in [3.8, 4) is 0 Å². The highest BCUT2D eigenvalue weighted by atomic mass is 35.5. The summed E-state index contributed by atoms with van der Waals surface area (Å²) in [5, 5.41) is 10.2. The first-order chi connectivity index (χ1) is 4.61. The van der Waals surface area contributed by atoms with Crippen LogP contribution in [0.15, 0.2) is 12.4 Å². The number of aromatic nitrogens is 1. The molecule has 0 saturated carbocycles. The largest absolute Gasteiger partial charge is 0.291 e. The quantitative estimate of drug-likeness (QED) is 0.464. The standard InChI is InChI=1S/C5H5ClN2O2/c1-4-2-7(6)3-5(4)8(9)10/h2-3H,1H3. The lowest BCUT2D eigenvalue weighted by Gasteiger charge is -1.83. The molecule has 0 fully saturated rings. The smallest absolute Gasteiger partial charge is 0.261 e. The van der Waals surface area contributed by atoms with Gasteiger partial charge in [0.2, 0.25) is 0 Å². The number of nitro groups is 1. The van der Waals surface area contributed by atoms with E-state index in [0.717, 1.165) is 4.09 Å². The minimum atomic E-state index is -0.464. The third-order valence-electron chi connectivity index (χ3n) is 1.16. The lowest BCUT2D eigenvalue weighted by Crippen LogP contribution is -1.86. The third kappa shape index (κ3) is 1.11. The van der Waals surface area contributed by atoms with Gasteiger partial charge in [0.25, 0.3) is 5.69 Å². The van der Waals surface area contributed by atoms with Crippen molar-refractivity contribution < 1.29 is 4.92 Å². The van der Waals surface area contributed by atoms with E-state index < -0.39 is 4.92 Å². The molecule has 0 radical (unpaired) electrons. The number of rotatable bonds is 1. The molecule has 0 aromatic carbocycles. The van der Waals surface area contributed by atoms with Gasteiger partial charge in [-0.25, -0.2) is 0 Å². The van der Waals surface area contributed by atoms with Gasteiger partial charge in [-0.3, -0.25) is 14.2 Å². The zero-order chi connectivity index (χ0) is 7.72. The predicted molar refractivity (Wildman–Crippen MR) is 37.1 cm³/mol. The second-order valence-corrected chi connectivity index (χ2v) is 2.32. The van der Waals surface area contributed by atoms with Crippen molar-refractivity contribution in [1.29, 1.82) is 0 Å². The first kappa shape index (κ1) is 7.08. The molecule has 0 atom stereocenters. The SMILES string of the molecule is Cc1cn(Cl)cc1[N+](=O)[O-]. The molecule has 54 valence electrons. The van der Waals surface area contributed by atoms with Crippen LogP contribution in [0.2, 0.25) is 0 Å². The maximum atomic E-state index is 10.2. The highest BCUT2D eigenvalue weighted by Crippen LogP contribution is 2.18. The fourth-order valence-corrected chi connectivity index (χ4v) is 0.937. The molecule has 0 aliphatic heterocycles. The first-order valence-electron chi connectivity index (χ1n) is 2.60. The highest BCUT2D eigenvalue weighted by molar-refractivity contribution is 6.15. The molecule has 0 bridgehead atoms. The van der Waals surface area contributed by atoms with Gasteiger partial charge in [-0.15, -0.1) is 0 Å². The van der Waals surface area contributed by atoms with Crippen LogP contribution in [0.1, 0.15) is 5.56 Å². The Morgan fingerprint density at radius 3 is 2.50 bits per heavy atom. The number of aryl methyl sites for hydroxylation is 1. The van der Waals surface area contributed by atoms with Gasteiger partial charge in [0, 0.05) is 23.5 Å².